The van der Waals surface area contributed by atoms with Gasteiger partial charge in [0, 0.05) is 37.9 Å². The molecule has 1 saturated carbocycles. The van der Waals surface area contributed by atoms with Gasteiger partial charge in [-0.25, -0.2) is 4.39 Å². The predicted octanol–water partition coefficient (Wildman–Crippen LogP) is 7.60. The average Bonchev–Trinajstić information content (AvgIpc) is 3.23. The predicted molar refractivity (Wildman–Crippen MR) is 151 cm³/mol. The molecule has 0 spiro atoms. The van der Waals surface area contributed by atoms with E-state index in [2.05, 4.69) is 38.2 Å². The van der Waals surface area contributed by atoms with Gasteiger partial charge in [-0.15, -0.1) is 0 Å². The van der Waals surface area contributed by atoms with Crippen molar-refractivity contribution in [1.82, 2.24) is 0 Å². The van der Waals surface area contributed by atoms with Crippen LogP contribution in [0.4, 0.5) is 4.39 Å². The molecule has 3 rings (SSSR count). The second kappa shape index (κ2) is 17.5. The fourth-order valence-corrected chi connectivity index (χ4v) is 5.97. The quantitative estimate of drug-likeness (QED) is 0.112. The van der Waals surface area contributed by atoms with E-state index < -0.39 is 11.8 Å². The van der Waals surface area contributed by atoms with Crippen LogP contribution in [0.5, 0.6) is 0 Å². The lowest BCUT2D eigenvalue weighted by Crippen LogP contribution is -2.36. The van der Waals surface area contributed by atoms with Crippen LogP contribution in [0.15, 0.2) is 24.3 Å². The fourth-order valence-electron chi connectivity index (χ4n) is 5.97. The highest BCUT2D eigenvalue weighted by molar-refractivity contribution is 5.69. The van der Waals surface area contributed by atoms with Crippen molar-refractivity contribution in [2.75, 3.05) is 20.3 Å². The molecule has 2 aliphatic heterocycles. The summed E-state index contributed by atoms with van der Waals surface area (Å²) in [6, 6.07) is 0. The standard InChI is InChI=1S/C32H53FO6/c1-4-5-12-20-32(2,39-31-18-11-14-23-37-31)21-19-26-25(15-8-6-7-9-16-29(34)35-3)27(33)24-28(26)38-30-17-10-13-22-36-30/h6,8,19,21,25-28,30-31H,4-5,7,9-18,20,22-24H2,1-3H3/b8-6-,21-19+/t25-,26-,27-,28-,30?,31?,32?/m1/s1. The molecule has 0 aromatic heterocycles. The minimum absolute atomic E-state index is 0.0633. The fraction of sp³-hybridized carbons (Fsp3) is 0.844. The first kappa shape index (κ1) is 32.2. The molecular formula is C32H53FO6. The van der Waals surface area contributed by atoms with Crippen molar-refractivity contribution in [3.63, 3.8) is 0 Å². The molecule has 3 aliphatic rings. The maximum atomic E-state index is 15.5. The maximum Gasteiger partial charge on any atom is 0.305 e. The molecule has 0 N–H and O–H groups in total. The Morgan fingerprint density at radius 3 is 2.44 bits per heavy atom. The lowest BCUT2D eigenvalue weighted by Gasteiger charge is -2.34. The molecule has 2 saturated heterocycles. The third kappa shape index (κ3) is 11.3. The summed E-state index contributed by atoms with van der Waals surface area (Å²) in [5.74, 6) is -0.426. The second-order valence-corrected chi connectivity index (χ2v) is 11.7. The summed E-state index contributed by atoms with van der Waals surface area (Å²) in [5, 5.41) is 0. The smallest absolute Gasteiger partial charge is 0.305 e. The zero-order valence-corrected chi connectivity index (χ0v) is 24.6. The van der Waals surface area contributed by atoms with E-state index in [4.69, 9.17) is 23.7 Å². The summed E-state index contributed by atoms with van der Waals surface area (Å²) in [6.45, 7) is 5.81. The Morgan fingerprint density at radius 1 is 1.03 bits per heavy atom. The van der Waals surface area contributed by atoms with Crippen LogP contribution < -0.4 is 0 Å². The summed E-state index contributed by atoms with van der Waals surface area (Å²) < 4.78 is 45.0. The Bertz CT molecular complexity index is 745. The summed E-state index contributed by atoms with van der Waals surface area (Å²) >= 11 is 0. The number of methoxy groups -OCH3 is 1. The van der Waals surface area contributed by atoms with Gasteiger partial charge in [-0.2, -0.15) is 0 Å². The maximum absolute atomic E-state index is 15.5. The Morgan fingerprint density at radius 2 is 1.77 bits per heavy atom. The normalized spacial score (nSPS) is 31.6. The highest BCUT2D eigenvalue weighted by Crippen LogP contribution is 2.42. The molecule has 7 heteroatoms. The summed E-state index contributed by atoms with van der Waals surface area (Å²) in [5.41, 5.74) is -0.467. The van der Waals surface area contributed by atoms with Gasteiger partial charge in [0.2, 0.25) is 0 Å². The lowest BCUT2D eigenvalue weighted by atomic mass is 9.87. The monoisotopic (exact) mass is 552 g/mol. The van der Waals surface area contributed by atoms with E-state index in [0.717, 1.165) is 83.7 Å². The van der Waals surface area contributed by atoms with Crippen molar-refractivity contribution < 1.29 is 32.9 Å². The Hall–Kier alpha value is -1.28. The number of allylic oxidation sites excluding steroid dienone is 2. The molecule has 0 bridgehead atoms. The van der Waals surface area contributed by atoms with Crippen molar-refractivity contribution >= 4 is 5.97 Å². The SMILES string of the molecule is CCCCCC(C)(/C=C/[C@@H]1[C@@H](C/C=C\CCCC(=O)OC)[C@H](F)C[C@H]1OC1CCCCO1)OC1CCCCO1. The van der Waals surface area contributed by atoms with Crippen LogP contribution in [0.3, 0.4) is 0 Å². The number of esters is 1. The van der Waals surface area contributed by atoms with Crippen molar-refractivity contribution in [2.24, 2.45) is 11.8 Å². The zero-order valence-electron chi connectivity index (χ0n) is 24.6. The molecule has 7 atom stereocenters. The van der Waals surface area contributed by atoms with Crippen molar-refractivity contribution in [3.05, 3.63) is 24.3 Å². The minimum Gasteiger partial charge on any atom is -0.469 e. The van der Waals surface area contributed by atoms with Crippen molar-refractivity contribution in [1.29, 1.82) is 0 Å². The number of hydrogen-bond acceptors (Lipinski definition) is 6. The van der Waals surface area contributed by atoms with Gasteiger partial charge in [0.1, 0.15) is 6.17 Å². The third-order valence-electron chi connectivity index (χ3n) is 8.35. The number of carbonyl (C=O) groups is 1. The van der Waals surface area contributed by atoms with Gasteiger partial charge in [-0.1, -0.05) is 50.5 Å². The van der Waals surface area contributed by atoms with Gasteiger partial charge in [0.15, 0.2) is 12.6 Å². The van der Waals surface area contributed by atoms with Gasteiger partial charge >= 0.3 is 5.97 Å². The molecule has 0 amide bonds. The number of unbranched alkanes of at least 4 members (excludes halogenated alkanes) is 3. The van der Waals surface area contributed by atoms with E-state index in [1.54, 1.807) is 0 Å². The van der Waals surface area contributed by atoms with Gasteiger partial charge in [0.25, 0.3) is 0 Å². The van der Waals surface area contributed by atoms with Crippen molar-refractivity contribution in [3.8, 4) is 0 Å². The molecule has 224 valence electrons. The molecule has 1 aliphatic carbocycles. The Kier molecular flexibility index (Phi) is 14.5. The van der Waals surface area contributed by atoms with Gasteiger partial charge in [-0.3, -0.25) is 4.79 Å². The molecule has 3 fully saturated rings. The first-order chi connectivity index (χ1) is 18.9. The third-order valence-corrected chi connectivity index (χ3v) is 8.35. The molecule has 6 nitrogen and oxygen atoms in total. The number of rotatable bonds is 16. The van der Waals surface area contributed by atoms with Gasteiger partial charge in [0.05, 0.1) is 18.8 Å². The minimum atomic E-state index is -0.943. The summed E-state index contributed by atoms with van der Waals surface area (Å²) in [4.78, 5) is 11.4. The molecule has 0 aromatic rings. The highest BCUT2D eigenvalue weighted by atomic mass is 19.1. The largest absolute Gasteiger partial charge is 0.469 e. The number of ether oxygens (including phenoxy) is 5. The van der Waals surface area contributed by atoms with Crippen LogP contribution in [0.25, 0.3) is 0 Å². The Balaban J connectivity index is 1.71. The van der Waals surface area contributed by atoms with Gasteiger partial charge in [-0.05, 0) is 71.1 Å². The van der Waals surface area contributed by atoms with E-state index >= 15 is 4.39 Å². The van der Waals surface area contributed by atoms with Crippen LogP contribution in [0, 0.1) is 11.8 Å². The number of carbonyl (C=O) groups excluding carboxylic acids is 1. The molecule has 0 radical (unpaired) electrons. The van der Waals surface area contributed by atoms with E-state index in [-0.39, 0.29) is 36.5 Å². The van der Waals surface area contributed by atoms with Crippen LogP contribution in [-0.2, 0) is 28.5 Å². The van der Waals surface area contributed by atoms with Crippen LogP contribution >= 0.6 is 0 Å². The van der Waals surface area contributed by atoms with Gasteiger partial charge < -0.3 is 23.7 Å². The molecule has 3 unspecified atom stereocenters. The van der Waals surface area contributed by atoms with Crippen LogP contribution in [0.2, 0.25) is 0 Å². The first-order valence-corrected chi connectivity index (χ1v) is 15.6. The zero-order chi connectivity index (χ0) is 27.9. The van der Waals surface area contributed by atoms with E-state index in [1.165, 1.54) is 7.11 Å². The number of hydrogen-bond donors (Lipinski definition) is 0. The first-order valence-electron chi connectivity index (χ1n) is 15.6. The van der Waals surface area contributed by atoms with E-state index in [0.29, 0.717) is 25.9 Å². The molecule has 2 heterocycles. The molecular weight excluding hydrogens is 499 g/mol. The highest BCUT2D eigenvalue weighted by Gasteiger charge is 2.44. The molecule has 39 heavy (non-hydrogen) atoms. The Labute approximate surface area is 236 Å². The van der Waals surface area contributed by atoms with E-state index in [9.17, 15) is 4.79 Å². The van der Waals surface area contributed by atoms with E-state index in [1.807, 2.05) is 0 Å². The topological polar surface area (TPSA) is 63.2 Å². The summed E-state index contributed by atoms with van der Waals surface area (Å²) in [7, 11) is 1.41. The van der Waals surface area contributed by atoms with Crippen molar-refractivity contribution in [2.45, 2.75) is 141 Å². The lowest BCUT2D eigenvalue weighted by molar-refractivity contribution is -0.208. The second-order valence-electron chi connectivity index (χ2n) is 11.7. The number of halogens is 1. The average molecular weight is 553 g/mol. The van der Waals surface area contributed by atoms with Crippen LogP contribution in [0.1, 0.15) is 110 Å². The van der Waals surface area contributed by atoms with Crippen LogP contribution in [-0.4, -0.2) is 56.7 Å². The molecule has 0 aromatic carbocycles. The summed E-state index contributed by atoms with van der Waals surface area (Å²) in [6.07, 6.45) is 20.3. The number of alkyl halides is 1.